The van der Waals surface area contributed by atoms with Crippen LogP contribution in [0.3, 0.4) is 0 Å². The Hall–Kier alpha value is -2.55. The van der Waals surface area contributed by atoms with Crippen molar-refractivity contribution in [2.24, 2.45) is 0 Å². The fourth-order valence-corrected chi connectivity index (χ4v) is 2.40. The van der Waals surface area contributed by atoms with E-state index in [0.29, 0.717) is 5.69 Å². The number of fused-ring (bicyclic) bond motifs is 1. The van der Waals surface area contributed by atoms with Crippen LogP contribution in [0.5, 0.6) is 11.5 Å². The molecule has 21 heavy (non-hydrogen) atoms. The molecule has 2 N–H and O–H groups in total. The van der Waals surface area contributed by atoms with Crippen LogP contribution in [0.1, 0.15) is 18.9 Å². The third-order valence-electron chi connectivity index (χ3n) is 3.45. The molecule has 3 rings (SSSR count). The number of aromatic nitrogens is 1. The maximum Gasteiger partial charge on any atom is 0.136 e. The van der Waals surface area contributed by atoms with Gasteiger partial charge in [0.1, 0.15) is 11.5 Å². The molecule has 0 atom stereocenters. The number of nitrogens with zero attached hydrogens (tertiary/aromatic N) is 1. The summed E-state index contributed by atoms with van der Waals surface area (Å²) in [6, 6.07) is 15.8. The maximum absolute atomic E-state index is 5.98. The number of ether oxygens (including phenoxy) is 1. The van der Waals surface area contributed by atoms with Crippen LogP contribution in [-0.2, 0) is 6.42 Å². The van der Waals surface area contributed by atoms with Gasteiger partial charge in [0.15, 0.2) is 0 Å². The van der Waals surface area contributed by atoms with E-state index in [1.165, 1.54) is 5.56 Å². The van der Waals surface area contributed by atoms with Gasteiger partial charge >= 0.3 is 0 Å². The van der Waals surface area contributed by atoms with Crippen molar-refractivity contribution in [1.82, 2.24) is 4.98 Å². The van der Waals surface area contributed by atoms with Crippen LogP contribution in [-0.4, -0.2) is 4.98 Å². The Morgan fingerprint density at radius 1 is 1.05 bits per heavy atom. The zero-order valence-electron chi connectivity index (χ0n) is 12.0. The molecule has 1 aromatic heterocycles. The lowest BCUT2D eigenvalue weighted by molar-refractivity contribution is 0.488. The minimum Gasteiger partial charge on any atom is -0.457 e. The maximum atomic E-state index is 5.98. The van der Waals surface area contributed by atoms with Crippen molar-refractivity contribution < 1.29 is 4.74 Å². The molecule has 0 saturated heterocycles. The van der Waals surface area contributed by atoms with E-state index in [0.717, 1.165) is 35.2 Å². The summed E-state index contributed by atoms with van der Waals surface area (Å²) in [5.74, 6) is 1.60. The number of benzene rings is 2. The number of hydrogen-bond donors (Lipinski definition) is 1. The predicted molar refractivity (Wildman–Crippen MR) is 86.7 cm³/mol. The number of aryl methyl sites for hydroxylation is 1. The molecule has 0 aliphatic heterocycles. The second kappa shape index (κ2) is 5.83. The monoisotopic (exact) mass is 278 g/mol. The lowest BCUT2D eigenvalue weighted by Crippen LogP contribution is -1.92. The third-order valence-corrected chi connectivity index (χ3v) is 3.45. The van der Waals surface area contributed by atoms with Crippen molar-refractivity contribution in [2.75, 3.05) is 5.73 Å². The first-order valence-electron chi connectivity index (χ1n) is 7.18. The summed E-state index contributed by atoms with van der Waals surface area (Å²) in [5.41, 5.74) is 8.72. The Balaban J connectivity index is 1.93. The van der Waals surface area contributed by atoms with Crippen molar-refractivity contribution in [3.05, 3.63) is 60.3 Å². The molecule has 0 saturated carbocycles. The van der Waals surface area contributed by atoms with Gasteiger partial charge in [0.25, 0.3) is 0 Å². The Kier molecular flexibility index (Phi) is 3.73. The zero-order chi connectivity index (χ0) is 14.7. The van der Waals surface area contributed by atoms with Crippen molar-refractivity contribution in [2.45, 2.75) is 19.8 Å². The number of hydrogen-bond acceptors (Lipinski definition) is 3. The van der Waals surface area contributed by atoms with Gasteiger partial charge in [-0.2, -0.15) is 0 Å². The predicted octanol–water partition coefficient (Wildman–Crippen LogP) is 4.56. The van der Waals surface area contributed by atoms with Crippen LogP contribution in [0.15, 0.2) is 54.7 Å². The van der Waals surface area contributed by atoms with Gasteiger partial charge in [-0.15, -0.1) is 0 Å². The first-order valence-corrected chi connectivity index (χ1v) is 7.18. The molecule has 3 heteroatoms. The molecule has 106 valence electrons. The normalized spacial score (nSPS) is 10.7. The highest BCUT2D eigenvalue weighted by molar-refractivity contribution is 5.93. The summed E-state index contributed by atoms with van der Waals surface area (Å²) in [7, 11) is 0. The first-order chi connectivity index (χ1) is 10.3. The molecule has 3 nitrogen and oxygen atoms in total. The molecule has 1 heterocycles. The molecule has 0 aliphatic rings. The van der Waals surface area contributed by atoms with E-state index in [9.17, 15) is 0 Å². The molecule has 0 radical (unpaired) electrons. The smallest absolute Gasteiger partial charge is 0.136 e. The minimum atomic E-state index is 0.663. The molecule has 0 unspecified atom stereocenters. The molecular weight excluding hydrogens is 260 g/mol. The molecule has 0 bridgehead atoms. The van der Waals surface area contributed by atoms with Gasteiger partial charge in [-0.05, 0) is 48.4 Å². The highest BCUT2D eigenvalue weighted by Gasteiger charge is 2.07. The van der Waals surface area contributed by atoms with Crippen LogP contribution in [0.25, 0.3) is 10.9 Å². The molecular formula is C18H18N2O. The average Bonchev–Trinajstić information content (AvgIpc) is 2.52. The summed E-state index contributed by atoms with van der Waals surface area (Å²) >= 11 is 0. The largest absolute Gasteiger partial charge is 0.457 e. The van der Waals surface area contributed by atoms with Gasteiger partial charge < -0.3 is 10.5 Å². The molecule has 2 aromatic carbocycles. The second-order valence-corrected chi connectivity index (χ2v) is 5.05. The minimum absolute atomic E-state index is 0.663. The number of nitrogens with two attached hydrogens (primary N) is 1. The average molecular weight is 278 g/mol. The van der Waals surface area contributed by atoms with Gasteiger partial charge in [0, 0.05) is 11.6 Å². The fraction of sp³-hybridized carbons (Fsp3) is 0.167. The van der Waals surface area contributed by atoms with E-state index in [2.05, 4.69) is 24.0 Å². The van der Waals surface area contributed by atoms with Gasteiger partial charge in [-0.25, -0.2) is 0 Å². The third kappa shape index (κ3) is 2.82. The van der Waals surface area contributed by atoms with Crippen molar-refractivity contribution in [3.8, 4) is 11.5 Å². The fourth-order valence-electron chi connectivity index (χ4n) is 2.40. The Morgan fingerprint density at radius 3 is 2.62 bits per heavy atom. The van der Waals surface area contributed by atoms with Crippen LogP contribution in [0.2, 0.25) is 0 Å². The van der Waals surface area contributed by atoms with Crippen molar-refractivity contribution in [1.29, 1.82) is 0 Å². The number of nitrogen functional groups attached to an aromatic ring is 1. The van der Waals surface area contributed by atoms with Crippen LogP contribution < -0.4 is 10.5 Å². The highest BCUT2D eigenvalue weighted by atomic mass is 16.5. The summed E-state index contributed by atoms with van der Waals surface area (Å²) in [6.07, 6.45) is 3.98. The lowest BCUT2D eigenvalue weighted by Gasteiger charge is -2.10. The van der Waals surface area contributed by atoms with E-state index in [1.54, 1.807) is 6.20 Å². The zero-order valence-corrected chi connectivity index (χ0v) is 12.0. The second-order valence-electron chi connectivity index (χ2n) is 5.05. The van der Waals surface area contributed by atoms with E-state index >= 15 is 0 Å². The first kappa shape index (κ1) is 13.4. The Morgan fingerprint density at radius 2 is 1.86 bits per heavy atom. The van der Waals surface area contributed by atoms with Crippen LogP contribution >= 0.6 is 0 Å². The number of anilines is 1. The summed E-state index contributed by atoms with van der Waals surface area (Å²) in [4.78, 5) is 4.32. The van der Waals surface area contributed by atoms with Gasteiger partial charge in [0.2, 0.25) is 0 Å². The molecule has 0 aliphatic carbocycles. The molecule has 3 aromatic rings. The van der Waals surface area contributed by atoms with Gasteiger partial charge in [0.05, 0.1) is 11.2 Å². The number of rotatable bonds is 4. The molecule has 0 amide bonds. The summed E-state index contributed by atoms with van der Waals surface area (Å²) < 4.78 is 5.98. The SMILES string of the molecule is CCCc1ccc(Oc2ccc(N)c3ncccc23)cc1. The van der Waals surface area contributed by atoms with Crippen LogP contribution in [0.4, 0.5) is 5.69 Å². The standard InChI is InChI=1S/C18H18N2O/c1-2-4-13-6-8-14(9-7-13)21-17-11-10-16(19)18-15(17)5-3-12-20-18/h3,5-12H,2,4,19H2,1H3. The highest BCUT2D eigenvalue weighted by Crippen LogP contribution is 2.32. The van der Waals surface area contributed by atoms with Gasteiger partial charge in [-0.3, -0.25) is 4.98 Å². The van der Waals surface area contributed by atoms with Crippen molar-refractivity contribution in [3.63, 3.8) is 0 Å². The van der Waals surface area contributed by atoms with E-state index in [1.807, 2.05) is 36.4 Å². The van der Waals surface area contributed by atoms with Gasteiger partial charge in [-0.1, -0.05) is 25.5 Å². The summed E-state index contributed by atoms with van der Waals surface area (Å²) in [5, 5.41) is 0.926. The van der Waals surface area contributed by atoms with Crippen molar-refractivity contribution >= 4 is 16.6 Å². The quantitative estimate of drug-likeness (QED) is 0.711. The van der Waals surface area contributed by atoms with E-state index < -0.39 is 0 Å². The van der Waals surface area contributed by atoms with Crippen LogP contribution in [0, 0.1) is 0 Å². The molecule has 0 fully saturated rings. The summed E-state index contributed by atoms with van der Waals surface area (Å²) in [6.45, 7) is 2.18. The van der Waals surface area contributed by atoms with E-state index in [4.69, 9.17) is 10.5 Å². The lowest BCUT2D eigenvalue weighted by atomic mass is 10.1. The number of pyridine rings is 1. The Bertz CT molecular complexity index is 751. The molecule has 0 spiro atoms. The Labute approximate surface area is 124 Å². The van der Waals surface area contributed by atoms with E-state index in [-0.39, 0.29) is 0 Å². The topological polar surface area (TPSA) is 48.1 Å².